The van der Waals surface area contributed by atoms with Gasteiger partial charge in [0.15, 0.2) is 4.73 Å². The summed E-state index contributed by atoms with van der Waals surface area (Å²) in [7, 11) is 0. The van der Waals surface area contributed by atoms with Crippen LogP contribution in [0.15, 0.2) is 22.9 Å². The lowest BCUT2D eigenvalue weighted by Crippen LogP contribution is -2.13. The highest BCUT2D eigenvalue weighted by Crippen LogP contribution is 2.32. The average molecular weight is 282 g/mol. The van der Waals surface area contributed by atoms with Crippen LogP contribution < -0.4 is 5.32 Å². The van der Waals surface area contributed by atoms with Gasteiger partial charge in [-0.15, -0.1) is 0 Å². The molecule has 4 nitrogen and oxygen atoms in total. The number of imidazole rings is 1. The molecular weight excluding hydrogens is 270 g/mol. The maximum absolute atomic E-state index is 9.92. The Hall–Kier alpha value is -1.07. The van der Waals surface area contributed by atoms with Crippen molar-refractivity contribution in [1.82, 2.24) is 14.9 Å². The minimum atomic E-state index is 0.294. The number of aromatic hydroxyl groups is 1. The molecule has 1 fully saturated rings. The Kier molecular flexibility index (Phi) is 2.37. The van der Waals surface area contributed by atoms with E-state index < -0.39 is 0 Å². The second kappa shape index (κ2) is 3.75. The van der Waals surface area contributed by atoms with Gasteiger partial charge in [-0.05, 0) is 41.0 Å². The molecule has 0 saturated carbocycles. The molecule has 0 bridgehead atoms. The van der Waals surface area contributed by atoms with Crippen molar-refractivity contribution in [2.75, 3.05) is 13.1 Å². The zero-order chi connectivity index (χ0) is 11.1. The van der Waals surface area contributed by atoms with E-state index >= 15 is 0 Å². The molecule has 1 aliphatic rings. The highest BCUT2D eigenvalue weighted by molar-refractivity contribution is 9.10. The first-order valence-electron chi connectivity index (χ1n) is 5.33. The number of phenols is 1. The number of rotatable bonds is 1. The number of nitrogens with zero attached hydrogens (tertiary/aromatic N) is 2. The predicted molar refractivity (Wildman–Crippen MR) is 65.6 cm³/mol. The van der Waals surface area contributed by atoms with Crippen molar-refractivity contribution in [3.05, 3.63) is 22.9 Å². The van der Waals surface area contributed by atoms with Gasteiger partial charge in [-0.3, -0.25) is 0 Å². The number of para-hydroxylation sites is 1. The second-order valence-electron chi connectivity index (χ2n) is 4.04. The van der Waals surface area contributed by atoms with Crippen molar-refractivity contribution in [2.24, 2.45) is 0 Å². The summed E-state index contributed by atoms with van der Waals surface area (Å²) < 4.78 is 2.86. The van der Waals surface area contributed by atoms with Crippen LogP contribution in [0.1, 0.15) is 12.5 Å². The second-order valence-corrected chi connectivity index (χ2v) is 4.75. The van der Waals surface area contributed by atoms with E-state index in [4.69, 9.17) is 0 Å². The molecule has 0 amide bonds. The van der Waals surface area contributed by atoms with Gasteiger partial charge in [0.25, 0.3) is 0 Å². The van der Waals surface area contributed by atoms with E-state index in [0.29, 0.717) is 11.8 Å². The monoisotopic (exact) mass is 281 g/mol. The maximum Gasteiger partial charge on any atom is 0.178 e. The van der Waals surface area contributed by atoms with Crippen LogP contribution in [0.2, 0.25) is 0 Å². The van der Waals surface area contributed by atoms with E-state index in [1.807, 2.05) is 12.1 Å². The molecule has 0 aliphatic carbocycles. The lowest BCUT2D eigenvalue weighted by Gasteiger charge is -2.13. The molecule has 1 aromatic heterocycles. The molecular formula is C11H12BrN3O. The summed E-state index contributed by atoms with van der Waals surface area (Å²) >= 11 is 3.47. The summed E-state index contributed by atoms with van der Waals surface area (Å²) in [6, 6.07) is 5.80. The standard InChI is InChI=1S/C11H12BrN3O/c12-11-14-8-2-1-3-9(16)10(8)15(11)7-4-5-13-6-7/h1-3,7,13,16H,4-6H2. The summed E-state index contributed by atoms with van der Waals surface area (Å²) in [5.41, 5.74) is 1.65. The summed E-state index contributed by atoms with van der Waals surface area (Å²) in [6.07, 6.45) is 1.07. The molecule has 1 aromatic carbocycles. The molecule has 1 unspecified atom stereocenters. The number of halogens is 1. The number of benzene rings is 1. The van der Waals surface area contributed by atoms with Crippen molar-refractivity contribution >= 4 is 27.0 Å². The van der Waals surface area contributed by atoms with Crippen LogP contribution in [0.5, 0.6) is 5.75 Å². The molecule has 2 aromatic rings. The molecule has 5 heteroatoms. The summed E-state index contributed by atoms with van der Waals surface area (Å²) in [6.45, 7) is 1.95. The van der Waals surface area contributed by atoms with Crippen molar-refractivity contribution in [3.8, 4) is 5.75 Å². The molecule has 1 saturated heterocycles. The smallest absolute Gasteiger partial charge is 0.178 e. The van der Waals surface area contributed by atoms with Gasteiger partial charge in [0.1, 0.15) is 11.3 Å². The first-order chi connectivity index (χ1) is 7.77. The Morgan fingerprint density at radius 3 is 3.12 bits per heavy atom. The van der Waals surface area contributed by atoms with E-state index in [9.17, 15) is 5.11 Å². The van der Waals surface area contributed by atoms with E-state index in [2.05, 4.69) is 30.8 Å². The minimum Gasteiger partial charge on any atom is -0.506 e. The SMILES string of the molecule is Oc1cccc2nc(Br)n(C3CCNC3)c12. The quantitative estimate of drug-likeness (QED) is 0.841. The molecule has 1 atom stereocenters. The number of phenolic OH excluding ortho intramolecular Hbond substituents is 1. The number of hydrogen-bond acceptors (Lipinski definition) is 3. The van der Waals surface area contributed by atoms with Gasteiger partial charge in [-0.1, -0.05) is 6.07 Å². The highest BCUT2D eigenvalue weighted by atomic mass is 79.9. The fourth-order valence-electron chi connectivity index (χ4n) is 2.30. The molecule has 0 radical (unpaired) electrons. The normalized spacial score (nSPS) is 20.7. The van der Waals surface area contributed by atoms with Gasteiger partial charge < -0.3 is 15.0 Å². The third-order valence-corrected chi connectivity index (χ3v) is 3.60. The minimum absolute atomic E-state index is 0.294. The molecule has 0 spiro atoms. The lowest BCUT2D eigenvalue weighted by molar-refractivity contribution is 0.471. The predicted octanol–water partition coefficient (Wildman–Crippen LogP) is 2.04. The van der Waals surface area contributed by atoms with Gasteiger partial charge in [0.05, 0.1) is 5.52 Å². The Morgan fingerprint density at radius 1 is 1.50 bits per heavy atom. The fourth-order valence-corrected chi connectivity index (χ4v) is 2.95. The van der Waals surface area contributed by atoms with Gasteiger partial charge in [-0.25, -0.2) is 4.98 Å². The largest absolute Gasteiger partial charge is 0.506 e. The fraction of sp³-hybridized carbons (Fsp3) is 0.364. The molecule has 16 heavy (non-hydrogen) atoms. The van der Waals surface area contributed by atoms with Crippen LogP contribution >= 0.6 is 15.9 Å². The average Bonchev–Trinajstić information content (AvgIpc) is 2.84. The van der Waals surface area contributed by atoms with E-state index in [1.165, 1.54) is 0 Å². The molecule has 84 valence electrons. The number of hydrogen-bond donors (Lipinski definition) is 2. The number of fused-ring (bicyclic) bond motifs is 1. The van der Waals surface area contributed by atoms with E-state index in [1.54, 1.807) is 6.07 Å². The van der Waals surface area contributed by atoms with Crippen molar-refractivity contribution < 1.29 is 5.11 Å². The van der Waals surface area contributed by atoms with Crippen LogP contribution in [0.25, 0.3) is 11.0 Å². The Bertz CT molecular complexity index is 531. The van der Waals surface area contributed by atoms with Crippen LogP contribution in [-0.2, 0) is 0 Å². The first-order valence-corrected chi connectivity index (χ1v) is 6.13. The summed E-state index contributed by atoms with van der Waals surface area (Å²) in [5.74, 6) is 0.294. The number of nitrogens with one attached hydrogen (secondary N) is 1. The van der Waals surface area contributed by atoms with Crippen molar-refractivity contribution in [2.45, 2.75) is 12.5 Å². The lowest BCUT2D eigenvalue weighted by atomic mass is 10.2. The maximum atomic E-state index is 9.92. The Labute approximate surface area is 101 Å². The third kappa shape index (κ3) is 1.43. The molecule has 3 rings (SSSR count). The summed E-state index contributed by atoms with van der Waals surface area (Å²) in [5, 5.41) is 13.2. The zero-order valence-corrected chi connectivity index (χ0v) is 10.2. The summed E-state index contributed by atoms with van der Waals surface area (Å²) in [4.78, 5) is 4.41. The van der Waals surface area contributed by atoms with Gasteiger partial charge in [0, 0.05) is 12.6 Å². The Balaban J connectivity index is 2.25. The van der Waals surface area contributed by atoms with Gasteiger partial charge >= 0.3 is 0 Å². The van der Waals surface area contributed by atoms with Crippen LogP contribution in [-0.4, -0.2) is 27.7 Å². The molecule has 2 N–H and O–H groups in total. The Morgan fingerprint density at radius 2 is 2.38 bits per heavy atom. The van der Waals surface area contributed by atoms with Gasteiger partial charge in [-0.2, -0.15) is 0 Å². The van der Waals surface area contributed by atoms with Crippen molar-refractivity contribution in [3.63, 3.8) is 0 Å². The molecule has 1 aliphatic heterocycles. The first kappa shape index (κ1) is 10.1. The van der Waals surface area contributed by atoms with E-state index in [0.717, 1.165) is 35.3 Å². The van der Waals surface area contributed by atoms with Crippen molar-refractivity contribution in [1.29, 1.82) is 0 Å². The van der Waals surface area contributed by atoms with Gasteiger partial charge in [0.2, 0.25) is 0 Å². The topological polar surface area (TPSA) is 50.1 Å². The zero-order valence-electron chi connectivity index (χ0n) is 8.65. The molecule has 2 heterocycles. The van der Waals surface area contributed by atoms with Crippen LogP contribution in [0.3, 0.4) is 0 Å². The highest BCUT2D eigenvalue weighted by Gasteiger charge is 2.22. The van der Waals surface area contributed by atoms with Crippen LogP contribution in [0, 0.1) is 0 Å². The third-order valence-electron chi connectivity index (χ3n) is 3.05. The van der Waals surface area contributed by atoms with Crippen LogP contribution in [0.4, 0.5) is 0 Å². The number of aromatic nitrogens is 2. The van der Waals surface area contributed by atoms with E-state index in [-0.39, 0.29) is 0 Å².